The van der Waals surface area contributed by atoms with Crippen LogP contribution in [0.25, 0.3) is 0 Å². The minimum atomic E-state index is 0.479. The number of hydrogen-bond donors (Lipinski definition) is 0. The monoisotopic (exact) mass is 394 g/mol. The first-order valence-corrected chi connectivity index (χ1v) is 11.6. The highest BCUT2D eigenvalue weighted by molar-refractivity contribution is 4.88. The molecule has 0 aromatic carbocycles. The van der Waals surface area contributed by atoms with Gasteiger partial charge in [0.25, 0.3) is 0 Å². The molecule has 5 aliphatic rings. The third-order valence-corrected chi connectivity index (χ3v) is 7.07. The molecule has 0 N–H and O–H groups in total. The standard InChI is InChI=1S/C22H38N2O4/c1-2-16-3-17(6-23(8-19-12-25-19)9-20-13-26-20)5-18(4-16)7-24(10-21-14-27-21)11-22-15-28-22/h16-22H,2-15H2,1H3. The summed E-state index contributed by atoms with van der Waals surface area (Å²) < 4.78 is 22.1. The van der Waals surface area contributed by atoms with Gasteiger partial charge in [-0.05, 0) is 37.0 Å². The van der Waals surface area contributed by atoms with Gasteiger partial charge in [0.1, 0.15) is 0 Å². The van der Waals surface area contributed by atoms with Gasteiger partial charge in [0.05, 0.1) is 50.8 Å². The highest BCUT2D eigenvalue weighted by Gasteiger charge is 2.36. The summed E-state index contributed by atoms with van der Waals surface area (Å²) in [5.74, 6) is 2.52. The zero-order valence-electron chi connectivity index (χ0n) is 17.5. The van der Waals surface area contributed by atoms with Crippen molar-refractivity contribution in [3.8, 4) is 0 Å². The first kappa shape index (κ1) is 19.7. The Labute approximate surface area is 169 Å². The molecule has 6 heteroatoms. The van der Waals surface area contributed by atoms with Crippen LogP contribution in [0, 0.1) is 17.8 Å². The van der Waals surface area contributed by atoms with E-state index < -0.39 is 0 Å². The van der Waals surface area contributed by atoms with E-state index in [4.69, 9.17) is 18.9 Å². The predicted octanol–water partition coefficient (Wildman–Crippen LogP) is 1.63. The summed E-state index contributed by atoms with van der Waals surface area (Å²) in [4.78, 5) is 5.28. The lowest BCUT2D eigenvalue weighted by Gasteiger charge is -2.39. The fourth-order valence-corrected chi connectivity index (χ4v) is 5.36. The first-order valence-electron chi connectivity index (χ1n) is 11.6. The molecule has 1 saturated carbocycles. The molecule has 5 fully saturated rings. The van der Waals surface area contributed by atoms with Gasteiger partial charge in [-0.1, -0.05) is 13.3 Å². The predicted molar refractivity (Wildman–Crippen MR) is 106 cm³/mol. The third-order valence-electron chi connectivity index (χ3n) is 7.07. The minimum Gasteiger partial charge on any atom is -0.372 e. The van der Waals surface area contributed by atoms with Gasteiger partial charge >= 0.3 is 0 Å². The smallest absolute Gasteiger partial charge is 0.0936 e. The summed E-state index contributed by atoms with van der Waals surface area (Å²) >= 11 is 0. The molecule has 0 aromatic heterocycles. The van der Waals surface area contributed by atoms with Gasteiger partial charge in [0, 0.05) is 39.3 Å². The van der Waals surface area contributed by atoms with Crippen molar-refractivity contribution < 1.29 is 18.9 Å². The van der Waals surface area contributed by atoms with E-state index in [-0.39, 0.29) is 0 Å². The second kappa shape index (κ2) is 8.86. The maximum Gasteiger partial charge on any atom is 0.0936 e. The molecule has 0 radical (unpaired) electrons. The Bertz CT molecular complexity index is 435. The molecule has 6 nitrogen and oxygen atoms in total. The fourth-order valence-electron chi connectivity index (χ4n) is 5.36. The number of nitrogens with zero attached hydrogens (tertiary/aromatic N) is 2. The average molecular weight is 395 g/mol. The van der Waals surface area contributed by atoms with Crippen molar-refractivity contribution in [1.82, 2.24) is 9.80 Å². The van der Waals surface area contributed by atoms with Crippen molar-refractivity contribution >= 4 is 0 Å². The zero-order chi connectivity index (χ0) is 18.9. The molecule has 4 aliphatic heterocycles. The SMILES string of the molecule is CCC1CC(CN(CC2CO2)CC2CO2)CC(CN(CC2CO2)CC2CO2)C1. The normalized spacial score (nSPS) is 41.5. The lowest BCUT2D eigenvalue weighted by Crippen LogP contribution is -2.41. The van der Waals surface area contributed by atoms with Crippen molar-refractivity contribution in [2.45, 2.75) is 57.0 Å². The first-order chi connectivity index (χ1) is 13.7. The number of rotatable bonds is 13. The number of epoxide rings is 4. The molecule has 6 unspecified atom stereocenters. The second-order valence-electron chi connectivity index (χ2n) is 9.97. The van der Waals surface area contributed by atoms with Crippen LogP contribution in [0.15, 0.2) is 0 Å². The molecule has 4 heterocycles. The molecule has 28 heavy (non-hydrogen) atoms. The molecule has 160 valence electrons. The Kier molecular flexibility index (Phi) is 6.24. The fraction of sp³-hybridized carbons (Fsp3) is 1.00. The molecular weight excluding hydrogens is 356 g/mol. The van der Waals surface area contributed by atoms with Gasteiger partial charge in [-0.3, -0.25) is 9.80 Å². The van der Waals surface area contributed by atoms with Crippen molar-refractivity contribution in [3.63, 3.8) is 0 Å². The summed E-state index contributed by atoms with van der Waals surface area (Å²) in [7, 11) is 0. The van der Waals surface area contributed by atoms with Gasteiger partial charge in [0.15, 0.2) is 0 Å². The highest BCUT2D eigenvalue weighted by Crippen LogP contribution is 2.37. The van der Waals surface area contributed by atoms with Crippen LogP contribution < -0.4 is 0 Å². The van der Waals surface area contributed by atoms with Crippen molar-refractivity contribution in [2.75, 3.05) is 65.7 Å². The van der Waals surface area contributed by atoms with E-state index in [0.29, 0.717) is 24.4 Å². The summed E-state index contributed by atoms with van der Waals surface area (Å²) in [6, 6.07) is 0. The Morgan fingerprint density at radius 2 is 0.857 bits per heavy atom. The van der Waals surface area contributed by atoms with Crippen LogP contribution in [0.5, 0.6) is 0 Å². The molecule has 4 saturated heterocycles. The van der Waals surface area contributed by atoms with Crippen LogP contribution in [-0.4, -0.2) is 99.9 Å². The van der Waals surface area contributed by atoms with E-state index in [9.17, 15) is 0 Å². The van der Waals surface area contributed by atoms with Crippen LogP contribution in [0.2, 0.25) is 0 Å². The molecule has 0 amide bonds. The Hall–Kier alpha value is -0.240. The van der Waals surface area contributed by atoms with E-state index in [2.05, 4.69) is 16.7 Å². The van der Waals surface area contributed by atoms with Gasteiger partial charge in [-0.15, -0.1) is 0 Å². The van der Waals surface area contributed by atoms with Crippen molar-refractivity contribution in [3.05, 3.63) is 0 Å². The molecule has 0 aromatic rings. The largest absolute Gasteiger partial charge is 0.372 e. The van der Waals surface area contributed by atoms with Gasteiger partial charge in [-0.2, -0.15) is 0 Å². The molecule has 0 bridgehead atoms. The summed E-state index contributed by atoms with van der Waals surface area (Å²) in [5.41, 5.74) is 0. The van der Waals surface area contributed by atoms with Crippen molar-refractivity contribution in [1.29, 1.82) is 0 Å². The molecule has 1 aliphatic carbocycles. The Morgan fingerprint density at radius 3 is 1.14 bits per heavy atom. The van der Waals surface area contributed by atoms with Crippen molar-refractivity contribution in [2.24, 2.45) is 17.8 Å². The third kappa shape index (κ3) is 6.38. The minimum absolute atomic E-state index is 0.479. The molecular formula is C22H38N2O4. The van der Waals surface area contributed by atoms with Crippen LogP contribution in [0.1, 0.15) is 32.6 Å². The molecule has 0 spiro atoms. The van der Waals surface area contributed by atoms with Gasteiger partial charge in [-0.25, -0.2) is 0 Å². The lowest BCUT2D eigenvalue weighted by atomic mass is 9.73. The van der Waals surface area contributed by atoms with Crippen LogP contribution in [-0.2, 0) is 18.9 Å². The maximum atomic E-state index is 5.52. The molecule has 6 atom stereocenters. The Balaban J connectivity index is 1.16. The van der Waals surface area contributed by atoms with Crippen LogP contribution in [0.3, 0.4) is 0 Å². The lowest BCUT2D eigenvalue weighted by molar-refractivity contribution is 0.0983. The highest BCUT2D eigenvalue weighted by atomic mass is 16.6. The van der Waals surface area contributed by atoms with E-state index in [1.165, 1.54) is 38.8 Å². The average Bonchev–Trinajstić information content (AvgIpc) is 3.52. The maximum absolute atomic E-state index is 5.52. The quantitative estimate of drug-likeness (QED) is 0.443. The second-order valence-corrected chi connectivity index (χ2v) is 9.97. The van der Waals surface area contributed by atoms with E-state index in [1.807, 2.05) is 0 Å². The zero-order valence-corrected chi connectivity index (χ0v) is 17.5. The van der Waals surface area contributed by atoms with Crippen LogP contribution in [0.4, 0.5) is 0 Å². The van der Waals surface area contributed by atoms with Gasteiger partial charge < -0.3 is 18.9 Å². The Morgan fingerprint density at radius 1 is 0.536 bits per heavy atom. The summed E-state index contributed by atoms with van der Waals surface area (Å²) in [6.07, 6.45) is 7.41. The van der Waals surface area contributed by atoms with Gasteiger partial charge in [0.2, 0.25) is 0 Å². The topological polar surface area (TPSA) is 56.6 Å². The number of hydrogen-bond acceptors (Lipinski definition) is 6. The summed E-state index contributed by atoms with van der Waals surface area (Å²) in [6.45, 7) is 13.0. The summed E-state index contributed by atoms with van der Waals surface area (Å²) in [5, 5.41) is 0. The van der Waals surface area contributed by atoms with E-state index >= 15 is 0 Å². The van der Waals surface area contributed by atoms with Crippen LogP contribution >= 0.6 is 0 Å². The van der Waals surface area contributed by atoms with E-state index in [0.717, 1.165) is 70.4 Å². The van der Waals surface area contributed by atoms with E-state index in [1.54, 1.807) is 0 Å². The number of ether oxygens (including phenoxy) is 4. The molecule has 5 rings (SSSR count).